The maximum atomic E-state index is 11.2. The molecule has 0 saturated heterocycles. The number of hydrogen-bond acceptors (Lipinski definition) is 4. The van der Waals surface area contributed by atoms with Gasteiger partial charge in [-0.05, 0) is 29.8 Å². The lowest BCUT2D eigenvalue weighted by Gasteiger charge is -2.13. The molecule has 5 heteroatoms. The Kier molecular flexibility index (Phi) is 3.67. The van der Waals surface area contributed by atoms with Crippen molar-refractivity contribution in [2.75, 3.05) is 5.32 Å². The van der Waals surface area contributed by atoms with Crippen molar-refractivity contribution in [3.63, 3.8) is 0 Å². The van der Waals surface area contributed by atoms with Gasteiger partial charge in [0.05, 0.1) is 11.2 Å². The number of hydrazone groups is 1. The first-order valence-electron chi connectivity index (χ1n) is 7.86. The van der Waals surface area contributed by atoms with Gasteiger partial charge < -0.3 is 5.32 Å². The predicted octanol–water partition coefficient (Wildman–Crippen LogP) is 3.59. The first kappa shape index (κ1) is 14.4. The molecule has 0 spiro atoms. The summed E-state index contributed by atoms with van der Waals surface area (Å²) in [5, 5.41) is 8.64. The molecule has 1 aromatic heterocycles. The Bertz CT molecular complexity index is 926. The molecule has 118 valence electrons. The highest BCUT2D eigenvalue weighted by Gasteiger charge is 2.13. The average Bonchev–Trinajstić information content (AvgIpc) is 2.63. The quantitative estimate of drug-likeness (QED) is 0.776. The van der Waals surface area contributed by atoms with Crippen molar-refractivity contribution in [1.29, 1.82) is 0 Å². The number of anilines is 2. The number of pyridine rings is 1. The third-order valence-corrected chi connectivity index (χ3v) is 4.05. The lowest BCUT2D eigenvalue weighted by molar-refractivity contribution is -0.121. The Morgan fingerprint density at radius 1 is 0.958 bits per heavy atom. The van der Waals surface area contributed by atoms with Gasteiger partial charge in [0.2, 0.25) is 5.91 Å². The Balaban J connectivity index is 1.58. The van der Waals surface area contributed by atoms with Crippen LogP contribution < -0.4 is 10.7 Å². The van der Waals surface area contributed by atoms with Gasteiger partial charge in [-0.15, -0.1) is 0 Å². The first-order valence-corrected chi connectivity index (χ1v) is 7.86. The molecule has 1 aliphatic rings. The van der Waals surface area contributed by atoms with E-state index in [0.29, 0.717) is 12.8 Å². The maximum Gasteiger partial charge on any atom is 0.240 e. The Labute approximate surface area is 139 Å². The lowest BCUT2D eigenvalue weighted by Crippen LogP contribution is -2.25. The minimum absolute atomic E-state index is 0.0263. The number of rotatable bonds is 3. The van der Waals surface area contributed by atoms with Crippen molar-refractivity contribution in [3.8, 4) is 0 Å². The highest BCUT2D eigenvalue weighted by atomic mass is 16.2. The van der Waals surface area contributed by atoms with Crippen molar-refractivity contribution in [3.05, 3.63) is 66.4 Å². The molecular weight excluding hydrogens is 300 g/mol. The van der Waals surface area contributed by atoms with Crippen LogP contribution in [0.1, 0.15) is 18.4 Å². The topological polar surface area (TPSA) is 66.4 Å². The van der Waals surface area contributed by atoms with Crippen LogP contribution in [-0.2, 0) is 4.79 Å². The fourth-order valence-electron chi connectivity index (χ4n) is 2.79. The molecule has 4 rings (SSSR count). The summed E-state index contributed by atoms with van der Waals surface area (Å²) in [6.45, 7) is 0. The molecular formula is C19H16N4O. The number of hydrogen-bond donors (Lipinski definition) is 2. The van der Waals surface area contributed by atoms with Crippen LogP contribution in [0.4, 0.5) is 11.4 Å². The highest BCUT2D eigenvalue weighted by Crippen LogP contribution is 2.25. The molecule has 3 aromatic rings. The normalized spacial score (nSPS) is 14.2. The molecule has 2 aromatic carbocycles. The molecule has 0 aliphatic carbocycles. The number of carbonyl (C=O) groups is 1. The predicted molar refractivity (Wildman–Crippen MR) is 95.4 cm³/mol. The van der Waals surface area contributed by atoms with Crippen molar-refractivity contribution < 1.29 is 4.79 Å². The highest BCUT2D eigenvalue weighted by molar-refractivity contribution is 6.04. The molecule has 1 aliphatic heterocycles. The Hall–Kier alpha value is -3.21. The summed E-state index contributed by atoms with van der Waals surface area (Å²) in [5.74, 6) is -0.0263. The molecule has 0 fully saturated rings. The number of para-hydroxylation sites is 1. The van der Waals surface area contributed by atoms with Crippen molar-refractivity contribution in [2.45, 2.75) is 12.8 Å². The molecule has 24 heavy (non-hydrogen) atoms. The van der Waals surface area contributed by atoms with E-state index in [-0.39, 0.29) is 5.91 Å². The molecule has 2 N–H and O–H groups in total. The van der Waals surface area contributed by atoms with Crippen LogP contribution in [0.3, 0.4) is 0 Å². The minimum atomic E-state index is -0.0263. The number of carbonyl (C=O) groups excluding carboxylic acids is 1. The fourth-order valence-corrected chi connectivity index (χ4v) is 2.79. The van der Waals surface area contributed by atoms with Gasteiger partial charge in [0.15, 0.2) is 0 Å². The van der Waals surface area contributed by atoms with E-state index in [4.69, 9.17) is 0 Å². The summed E-state index contributed by atoms with van der Waals surface area (Å²) in [4.78, 5) is 15.5. The van der Waals surface area contributed by atoms with Crippen LogP contribution >= 0.6 is 0 Å². The summed E-state index contributed by atoms with van der Waals surface area (Å²) < 4.78 is 0. The van der Waals surface area contributed by atoms with Gasteiger partial charge in [-0.25, -0.2) is 5.43 Å². The number of aromatic nitrogens is 1. The van der Waals surface area contributed by atoms with Gasteiger partial charge in [0, 0.05) is 35.8 Å². The minimum Gasteiger partial charge on any atom is -0.355 e. The Morgan fingerprint density at radius 2 is 1.79 bits per heavy atom. The largest absolute Gasteiger partial charge is 0.355 e. The number of fused-ring (bicyclic) bond motifs is 1. The molecule has 0 radical (unpaired) electrons. The third kappa shape index (κ3) is 2.84. The van der Waals surface area contributed by atoms with E-state index in [1.54, 1.807) is 6.20 Å². The summed E-state index contributed by atoms with van der Waals surface area (Å²) in [7, 11) is 0. The summed E-state index contributed by atoms with van der Waals surface area (Å²) in [6, 6.07) is 18.1. The van der Waals surface area contributed by atoms with Crippen LogP contribution in [0.2, 0.25) is 0 Å². The monoisotopic (exact) mass is 316 g/mol. The molecule has 5 nitrogen and oxygen atoms in total. The van der Waals surface area contributed by atoms with E-state index >= 15 is 0 Å². The van der Waals surface area contributed by atoms with Crippen molar-refractivity contribution >= 4 is 33.9 Å². The standard InChI is InChI=1S/C19H16N4O/c24-19-10-9-16(22-23-19)13-5-7-14(8-6-13)21-18-11-12-20-17-4-2-1-3-15(17)18/h1-8,11-12H,9-10H2,(H,20,21)(H,23,24). The SMILES string of the molecule is O=C1CCC(c2ccc(Nc3ccnc4ccccc34)cc2)=NN1. The van der Waals surface area contributed by atoms with E-state index in [1.165, 1.54) is 0 Å². The van der Waals surface area contributed by atoms with E-state index in [2.05, 4.69) is 26.9 Å². The number of nitrogens with one attached hydrogen (secondary N) is 2. The Morgan fingerprint density at radius 3 is 2.58 bits per heavy atom. The number of benzene rings is 2. The van der Waals surface area contributed by atoms with Gasteiger partial charge in [-0.1, -0.05) is 30.3 Å². The second-order valence-electron chi connectivity index (χ2n) is 5.67. The van der Waals surface area contributed by atoms with Crippen LogP contribution in [0.25, 0.3) is 10.9 Å². The van der Waals surface area contributed by atoms with E-state index < -0.39 is 0 Å². The van der Waals surface area contributed by atoms with E-state index in [9.17, 15) is 4.79 Å². The van der Waals surface area contributed by atoms with Gasteiger partial charge in [-0.3, -0.25) is 9.78 Å². The van der Waals surface area contributed by atoms with E-state index in [0.717, 1.165) is 33.6 Å². The molecule has 0 unspecified atom stereocenters. The summed E-state index contributed by atoms with van der Waals surface area (Å²) in [5.41, 5.74) is 7.46. The van der Waals surface area contributed by atoms with Gasteiger partial charge in [0.1, 0.15) is 0 Å². The van der Waals surface area contributed by atoms with Gasteiger partial charge in [0.25, 0.3) is 0 Å². The average molecular weight is 316 g/mol. The van der Waals surface area contributed by atoms with Crippen LogP contribution in [-0.4, -0.2) is 16.6 Å². The maximum absolute atomic E-state index is 11.2. The zero-order valence-corrected chi connectivity index (χ0v) is 13.0. The van der Waals surface area contributed by atoms with Crippen molar-refractivity contribution in [2.24, 2.45) is 5.10 Å². The molecule has 0 atom stereocenters. The van der Waals surface area contributed by atoms with Crippen LogP contribution in [0.15, 0.2) is 65.9 Å². The van der Waals surface area contributed by atoms with Crippen LogP contribution in [0.5, 0.6) is 0 Å². The smallest absolute Gasteiger partial charge is 0.240 e. The molecule has 2 heterocycles. The lowest BCUT2D eigenvalue weighted by atomic mass is 10.0. The third-order valence-electron chi connectivity index (χ3n) is 4.05. The fraction of sp³-hybridized carbons (Fsp3) is 0.105. The van der Waals surface area contributed by atoms with Gasteiger partial charge >= 0.3 is 0 Å². The van der Waals surface area contributed by atoms with Crippen molar-refractivity contribution in [1.82, 2.24) is 10.4 Å². The summed E-state index contributed by atoms with van der Waals surface area (Å²) >= 11 is 0. The van der Waals surface area contributed by atoms with Crippen LogP contribution in [0, 0.1) is 0 Å². The molecule has 0 bridgehead atoms. The first-order chi connectivity index (χ1) is 11.8. The zero-order chi connectivity index (χ0) is 16.4. The number of nitrogens with zero attached hydrogens (tertiary/aromatic N) is 2. The van der Waals surface area contributed by atoms with E-state index in [1.807, 2.05) is 48.5 Å². The summed E-state index contributed by atoms with van der Waals surface area (Å²) in [6.07, 6.45) is 2.97. The second kappa shape index (κ2) is 6.12. The zero-order valence-electron chi connectivity index (χ0n) is 13.0. The van der Waals surface area contributed by atoms with Gasteiger partial charge in [-0.2, -0.15) is 5.10 Å². The number of amides is 1. The second-order valence-corrected chi connectivity index (χ2v) is 5.67. The molecule has 1 amide bonds. The molecule has 0 saturated carbocycles.